The Bertz CT molecular complexity index is 1670. The molecule has 232 valence electrons. The number of hydrogen-bond acceptors (Lipinski definition) is 4. The molecule has 5 rings (SSSR count). The van der Waals surface area contributed by atoms with E-state index in [2.05, 4.69) is 190 Å². The molecule has 0 aliphatic rings. The van der Waals surface area contributed by atoms with Crippen LogP contribution in [-0.4, -0.2) is 28.2 Å². The zero-order valence-electron chi connectivity index (χ0n) is 28.0. The van der Waals surface area contributed by atoms with Gasteiger partial charge in [-0.15, -0.1) is 0 Å². The Morgan fingerprint density at radius 1 is 0.467 bits per heavy atom. The number of rotatable bonds is 12. The fraction of sp³-hybridized carbons (Fsp3) is 0.268. The Labute approximate surface area is 271 Å². The van der Waals surface area contributed by atoms with Crippen molar-refractivity contribution >= 4 is 45.5 Å². The van der Waals surface area contributed by atoms with Gasteiger partial charge in [0.15, 0.2) is 0 Å². The summed E-state index contributed by atoms with van der Waals surface area (Å²) in [5, 5.41) is 0. The minimum absolute atomic E-state index is 0.557. The third-order valence-electron chi connectivity index (χ3n) is 8.58. The van der Waals surface area contributed by atoms with E-state index in [0.717, 1.165) is 34.9 Å². The van der Waals surface area contributed by atoms with E-state index >= 15 is 0 Å². The number of benzene rings is 5. The van der Waals surface area contributed by atoms with Crippen molar-refractivity contribution in [3.05, 3.63) is 132 Å². The number of nitrogens with zero attached hydrogens (tertiary/aromatic N) is 4. The second-order valence-corrected chi connectivity index (χ2v) is 12.3. The average molecular weight is 597 g/mol. The van der Waals surface area contributed by atoms with Crippen LogP contribution in [0.25, 0.3) is 0 Å². The van der Waals surface area contributed by atoms with E-state index in [-0.39, 0.29) is 0 Å². The van der Waals surface area contributed by atoms with E-state index < -0.39 is 0 Å². The quantitative estimate of drug-likeness (QED) is 0.142. The molecule has 0 amide bonds. The molecular weight excluding hydrogens is 548 g/mol. The molecule has 0 bridgehead atoms. The highest BCUT2D eigenvalue weighted by atomic mass is 15.2. The largest absolute Gasteiger partial charge is 0.378 e. The van der Waals surface area contributed by atoms with Crippen molar-refractivity contribution in [1.29, 1.82) is 0 Å². The Hall–Kier alpha value is -4.70. The van der Waals surface area contributed by atoms with Crippen LogP contribution in [0.5, 0.6) is 0 Å². The third kappa shape index (κ3) is 7.34. The van der Waals surface area contributed by atoms with Gasteiger partial charge in [0, 0.05) is 73.7 Å². The molecule has 0 spiro atoms. The van der Waals surface area contributed by atoms with E-state index in [1.165, 1.54) is 41.0 Å². The van der Waals surface area contributed by atoms with E-state index in [9.17, 15) is 0 Å². The van der Waals surface area contributed by atoms with Gasteiger partial charge in [-0.25, -0.2) is 0 Å². The lowest BCUT2D eigenvalue weighted by Gasteiger charge is -2.30. The predicted molar refractivity (Wildman–Crippen MR) is 197 cm³/mol. The van der Waals surface area contributed by atoms with Crippen LogP contribution in [0.15, 0.2) is 121 Å². The summed E-state index contributed by atoms with van der Waals surface area (Å²) in [7, 11) is 8.33. The molecule has 5 aromatic carbocycles. The number of anilines is 8. The van der Waals surface area contributed by atoms with Gasteiger partial charge in [0.05, 0.1) is 0 Å². The van der Waals surface area contributed by atoms with Crippen LogP contribution in [0, 0.1) is 6.92 Å². The molecule has 0 N–H and O–H groups in total. The van der Waals surface area contributed by atoms with Crippen molar-refractivity contribution in [3.8, 4) is 0 Å². The highest BCUT2D eigenvalue weighted by Crippen LogP contribution is 2.42. The maximum absolute atomic E-state index is 2.40. The first-order valence-corrected chi connectivity index (χ1v) is 16.2. The van der Waals surface area contributed by atoms with Crippen molar-refractivity contribution in [3.63, 3.8) is 0 Å². The summed E-state index contributed by atoms with van der Waals surface area (Å²) in [6, 6.07) is 44.5. The molecule has 4 nitrogen and oxygen atoms in total. The maximum Gasteiger partial charge on any atom is 0.0482 e. The summed E-state index contributed by atoms with van der Waals surface area (Å²) < 4.78 is 0. The molecule has 5 aromatic rings. The van der Waals surface area contributed by atoms with Crippen LogP contribution in [0.4, 0.5) is 45.5 Å². The minimum Gasteiger partial charge on any atom is -0.378 e. The molecule has 0 saturated carbocycles. The van der Waals surface area contributed by atoms with Crippen LogP contribution in [0.2, 0.25) is 0 Å². The molecule has 4 heteroatoms. The molecule has 0 aromatic heterocycles. The Kier molecular flexibility index (Phi) is 10.1. The molecule has 0 heterocycles. The van der Waals surface area contributed by atoms with Gasteiger partial charge in [0.1, 0.15) is 0 Å². The summed E-state index contributed by atoms with van der Waals surface area (Å²) in [6.45, 7) is 6.74. The molecule has 0 radical (unpaired) electrons. The summed E-state index contributed by atoms with van der Waals surface area (Å²) in [5.74, 6) is 0.557. The molecular formula is C41H48N4. The van der Waals surface area contributed by atoms with Crippen LogP contribution in [0.3, 0.4) is 0 Å². The lowest BCUT2D eigenvalue weighted by molar-refractivity contribution is 0.596. The highest BCUT2D eigenvalue weighted by molar-refractivity contribution is 5.84. The molecule has 1 atom stereocenters. The van der Waals surface area contributed by atoms with Gasteiger partial charge in [-0.3, -0.25) is 0 Å². The topological polar surface area (TPSA) is 13.0 Å². The molecule has 0 fully saturated rings. The SMILES string of the molecule is CCCC(CC)c1cccc(N(c2ccc(N(C)C)cc2)c2cccc(N(c3ccc(N(C)C)cc3)c3cccc(C)c3)c2)c1. The van der Waals surface area contributed by atoms with Gasteiger partial charge < -0.3 is 19.6 Å². The first kappa shape index (κ1) is 31.7. The van der Waals surface area contributed by atoms with Crippen molar-refractivity contribution in [2.75, 3.05) is 47.8 Å². The lowest BCUT2D eigenvalue weighted by atomic mass is 9.91. The Balaban J connectivity index is 1.66. The van der Waals surface area contributed by atoms with E-state index in [1.807, 2.05) is 0 Å². The number of hydrogen-bond donors (Lipinski definition) is 0. The van der Waals surface area contributed by atoms with Crippen molar-refractivity contribution in [1.82, 2.24) is 0 Å². The fourth-order valence-electron chi connectivity index (χ4n) is 6.11. The minimum atomic E-state index is 0.557. The van der Waals surface area contributed by atoms with Crippen LogP contribution < -0.4 is 19.6 Å². The molecule has 0 aliphatic heterocycles. The second kappa shape index (κ2) is 14.4. The Morgan fingerprint density at radius 2 is 0.889 bits per heavy atom. The summed E-state index contributed by atoms with van der Waals surface area (Å²) >= 11 is 0. The van der Waals surface area contributed by atoms with Gasteiger partial charge in [-0.05, 0) is 128 Å². The molecule has 0 saturated heterocycles. The van der Waals surface area contributed by atoms with Crippen LogP contribution in [0.1, 0.15) is 50.2 Å². The molecule has 45 heavy (non-hydrogen) atoms. The van der Waals surface area contributed by atoms with Crippen LogP contribution >= 0.6 is 0 Å². The van der Waals surface area contributed by atoms with E-state index in [4.69, 9.17) is 0 Å². The zero-order chi connectivity index (χ0) is 31.9. The van der Waals surface area contributed by atoms with Gasteiger partial charge in [-0.2, -0.15) is 0 Å². The smallest absolute Gasteiger partial charge is 0.0482 e. The predicted octanol–water partition coefficient (Wildman–Crippen LogP) is 11.4. The van der Waals surface area contributed by atoms with Crippen molar-refractivity contribution in [2.24, 2.45) is 0 Å². The monoisotopic (exact) mass is 596 g/mol. The summed E-state index contributed by atoms with van der Waals surface area (Å²) in [6.07, 6.45) is 3.53. The normalized spacial score (nSPS) is 11.6. The number of aryl methyl sites for hydroxylation is 1. The molecule has 1 unspecified atom stereocenters. The highest BCUT2D eigenvalue weighted by Gasteiger charge is 2.19. The first-order valence-electron chi connectivity index (χ1n) is 16.2. The van der Waals surface area contributed by atoms with Crippen LogP contribution in [-0.2, 0) is 0 Å². The van der Waals surface area contributed by atoms with Crippen molar-refractivity contribution < 1.29 is 0 Å². The Morgan fingerprint density at radius 3 is 1.33 bits per heavy atom. The third-order valence-corrected chi connectivity index (χ3v) is 8.58. The lowest BCUT2D eigenvalue weighted by Crippen LogP contribution is -2.14. The van der Waals surface area contributed by atoms with Gasteiger partial charge >= 0.3 is 0 Å². The fourth-order valence-corrected chi connectivity index (χ4v) is 6.11. The molecule has 0 aliphatic carbocycles. The summed E-state index contributed by atoms with van der Waals surface area (Å²) in [5.41, 5.74) is 11.8. The maximum atomic E-state index is 2.40. The van der Waals surface area contributed by atoms with Crippen molar-refractivity contribution in [2.45, 2.75) is 46.0 Å². The summed E-state index contributed by atoms with van der Waals surface area (Å²) in [4.78, 5) is 9.04. The van der Waals surface area contributed by atoms with E-state index in [1.54, 1.807) is 0 Å². The second-order valence-electron chi connectivity index (χ2n) is 12.3. The van der Waals surface area contributed by atoms with Gasteiger partial charge in [-0.1, -0.05) is 50.6 Å². The average Bonchev–Trinajstić information content (AvgIpc) is 3.05. The van der Waals surface area contributed by atoms with E-state index in [0.29, 0.717) is 5.92 Å². The zero-order valence-corrected chi connectivity index (χ0v) is 28.0. The van der Waals surface area contributed by atoms with Gasteiger partial charge in [0.2, 0.25) is 0 Å². The van der Waals surface area contributed by atoms with Gasteiger partial charge in [0.25, 0.3) is 0 Å². The standard InChI is InChI=1S/C41H48N4/c1-8-13-32(9-2)33-15-11-17-39(29-33)45(37-26-22-35(23-27-37)43(6)7)41-19-12-18-40(30-41)44(38-16-10-14-31(3)28-38)36-24-20-34(21-25-36)42(4)5/h10-12,14-30,32H,8-9,13H2,1-7H3. The first-order chi connectivity index (χ1) is 21.8.